The molecule has 0 radical (unpaired) electrons. The summed E-state index contributed by atoms with van der Waals surface area (Å²) in [5.74, 6) is 1.34. The Morgan fingerprint density at radius 2 is 2.03 bits per heavy atom. The normalized spacial score (nSPS) is 10.8. The third-order valence-corrected chi connectivity index (χ3v) is 5.69. The molecule has 0 unspecified atom stereocenters. The number of nitrogens with zero attached hydrogens (tertiary/aromatic N) is 4. The van der Waals surface area contributed by atoms with Crippen molar-refractivity contribution in [2.75, 3.05) is 31.3 Å². The van der Waals surface area contributed by atoms with Crippen LogP contribution in [0.5, 0.6) is 11.5 Å². The van der Waals surface area contributed by atoms with Crippen LogP contribution >= 0.6 is 23.4 Å². The van der Waals surface area contributed by atoms with Gasteiger partial charge < -0.3 is 20.1 Å². The van der Waals surface area contributed by atoms with E-state index in [4.69, 9.17) is 21.1 Å². The Labute approximate surface area is 195 Å². The smallest absolute Gasteiger partial charge is 0.262 e. The molecule has 3 aromatic rings. The Balaban J connectivity index is 1.49. The van der Waals surface area contributed by atoms with E-state index in [1.165, 1.54) is 7.11 Å². The summed E-state index contributed by atoms with van der Waals surface area (Å²) in [6.07, 6.45) is 0. The van der Waals surface area contributed by atoms with Crippen molar-refractivity contribution in [1.82, 2.24) is 25.5 Å². The molecule has 1 amide bonds. The summed E-state index contributed by atoms with van der Waals surface area (Å²) in [4.78, 5) is 12.2. The third kappa shape index (κ3) is 6.84. The molecule has 9 nitrogen and oxygen atoms in total. The molecule has 0 aliphatic carbocycles. The van der Waals surface area contributed by atoms with E-state index in [1.54, 1.807) is 29.6 Å². The van der Waals surface area contributed by atoms with E-state index in [2.05, 4.69) is 26.2 Å². The summed E-state index contributed by atoms with van der Waals surface area (Å²) in [5, 5.41) is 18.6. The minimum absolute atomic E-state index is 0.185. The van der Waals surface area contributed by atoms with Crippen LogP contribution in [0.15, 0.2) is 41.6 Å². The van der Waals surface area contributed by atoms with Gasteiger partial charge in [-0.1, -0.05) is 41.1 Å². The van der Waals surface area contributed by atoms with Crippen LogP contribution in [0.1, 0.15) is 11.1 Å². The number of benzene rings is 2. The van der Waals surface area contributed by atoms with Crippen LogP contribution < -0.4 is 20.1 Å². The van der Waals surface area contributed by atoms with Gasteiger partial charge in [-0.2, -0.15) is 0 Å². The molecule has 0 saturated carbocycles. The number of nitrogens with one attached hydrogen (secondary N) is 2. The van der Waals surface area contributed by atoms with Gasteiger partial charge in [0.15, 0.2) is 18.1 Å². The molecule has 11 heteroatoms. The highest BCUT2D eigenvalue weighted by atomic mass is 35.5. The van der Waals surface area contributed by atoms with Gasteiger partial charge in [0.2, 0.25) is 5.16 Å². The lowest BCUT2D eigenvalue weighted by atomic mass is 10.2. The predicted octanol–water partition coefficient (Wildman–Crippen LogP) is 3.08. The first kappa shape index (κ1) is 23.8. The van der Waals surface area contributed by atoms with Gasteiger partial charge in [-0.25, -0.2) is 4.68 Å². The highest BCUT2D eigenvalue weighted by Crippen LogP contribution is 2.36. The monoisotopic (exact) mass is 476 g/mol. The zero-order valence-electron chi connectivity index (χ0n) is 18.1. The first-order valence-corrected chi connectivity index (χ1v) is 11.2. The Morgan fingerprint density at radius 1 is 1.25 bits per heavy atom. The van der Waals surface area contributed by atoms with Crippen molar-refractivity contribution >= 4 is 35.0 Å². The molecular weight excluding hydrogens is 452 g/mol. The first-order chi connectivity index (χ1) is 15.5. The maximum absolute atomic E-state index is 12.2. The Hall–Kier alpha value is -2.82. The van der Waals surface area contributed by atoms with Crippen molar-refractivity contribution in [1.29, 1.82) is 0 Å². The van der Waals surface area contributed by atoms with Crippen LogP contribution in [0.2, 0.25) is 5.02 Å². The second-order valence-electron chi connectivity index (χ2n) is 6.92. The fourth-order valence-corrected chi connectivity index (χ4v) is 3.81. The lowest BCUT2D eigenvalue weighted by Gasteiger charge is -2.14. The van der Waals surface area contributed by atoms with Gasteiger partial charge in [0, 0.05) is 31.6 Å². The zero-order chi connectivity index (χ0) is 22.9. The molecular formula is C21H25ClN6O3S. The second kappa shape index (κ2) is 11.7. The SMILES string of the molecule is COc1cc(CNCCSc2nnnn2C)cc(Cl)c1OCC(=O)Nc1ccc(C)cc1. The van der Waals surface area contributed by atoms with E-state index in [0.29, 0.717) is 28.8 Å². The zero-order valence-corrected chi connectivity index (χ0v) is 19.7. The number of carbonyl (C=O) groups excluding carboxylic acids is 1. The average Bonchev–Trinajstić information content (AvgIpc) is 3.18. The summed E-state index contributed by atoms with van der Waals surface area (Å²) < 4.78 is 12.7. The number of ether oxygens (including phenoxy) is 2. The van der Waals surface area contributed by atoms with Crippen molar-refractivity contribution in [2.45, 2.75) is 18.6 Å². The number of aromatic nitrogens is 4. The molecule has 0 aliphatic heterocycles. The number of halogens is 1. The van der Waals surface area contributed by atoms with Crippen LogP contribution in [0.4, 0.5) is 5.69 Å². The molecule has 0 bridgehead atoms. The van der Waals surface area contributed by atoms with Gasteiger partial charge in [0.05, 0.1) is 12.1 Å². The number of rotatable bonds is 11. The molecule has 2 aromatic carbocycles. The van der Waals surface area contributed by atoms with Crippen LogP contribution in [0.25, 0.3) is 0 Å². The van der Waals surface area contributed by atoms with Crippen LogP contribution in [0.3, 0.4) is 0 Å². The highest BCUT2D eigenvalue weighted by Gasteiger charge is 2.14. The largest absolute Gasteiger partial charge is 0.493 e. The summed E-state index contributed by atoms with van der Waals surface area (Å²) in [6.45, 7) is 3.16. The molecule has 0 atom stereocenters. The number of anilines is 1. The molecule has 0 fully saturated rings. The Bertz CT molecular complexity index is 1040. The maximum atomic E-state index is 12.2. The van der Waals surface area contributed by atoms with E-state index in [0.717, 1.165) is 28.6 Å². The van der Waals surface area contributed by atoms with E-state index in [1.807, 2.05) is 37.3 Å². The molecule has 0 aliphatic rings. The van der Waals surface area contributed by atoms with Crippen molar-refractivity contribution in [3.8, 4) is 11.5 Å². The number of hydrogen-bond acceptors (Lipinski definition) is 8. The van der Waals surface area contributed by atoms with Gasteiger partial charge in [-0.3, -0.25) is 4.79 Å². The number of amides is 1. The molecule has 1 aromatic heterocycles. The minimum Gasteiger partial charge on any atom is -0.493 e. The standard InChI is InChI=1S/C21H25ClN6O3S/c1-14-4-6-16(7-5-14)24-19(29)13-31-20-17(22)10-15(11-18(20)30-3)12-23-8-9-32-21-25-26-27-28(21)2/h4-7,10-11,23H,8-9,12-13H2,1-3H3,(H,24,29). The summed E-state index contributed by atoms with van der Waals surface area (Å²) in [6, 6.07) is 11.2. The molecule has 3 rings (SSSR count). The van der Waals surface area contributed by atoms with Crippen LogP contribution in [-0.2, 0) is 18.4 Å². The Morgan fingerprint density at radius 3 is 2.72 bits per heavy atom. The lowest BCUT2D eigenvalue weighted by Crippen LogP contribution is -2.20. The number of hydrogen-bond donors (Lipinski definition) is 2. The summed E-state index contributed by atoms with van der Waals surface area (Å²) in [5.41, 5.74) is 2.76. The summed E-state index contributed by atoms with van der Waals surface area (Å²) in [7, 11) is 3.34. The lowest BCUT2D eigenvalue weighted by molar-refractivity contribution is -0.118. The van der Waals surface area contributed by atoms with Crippen LogP contribution in [0, 0.1) is 6.92 Å². The number of carbonyl (C=O) groups is 1. The molecule has 170 valence electrons. The molecule has 32 heavy (non-hydrogen) atoms. The highest BCUT2D eigenvalue weighted by molar-refractivity contribution is 7.99. The molecule has 0 saturated heterocycles. The predicted molar refractivity (Wildman–Crippen MR) is 125 cm³/mol. The van der Waals surface area contributed by atoms with Gasteiger partial charge in [0.25, 0.3) is 5.91 Å². The molecule has 1 heterocycles. The number of tetrazole rings is 1. The van der Waals surface area contributed by atoms with Crippen molar-refractivity contribution in [3.63, 3.8) is 0 Å². The fraction of sp³-hybridized carbons (Fsp3) is 0.333. The molecule has 2 N–H and O–H groups in total. The Kier molecular flexibility index (Phi) is 8.72. The van der Waals surface area contributed by atoms with Gasteiger partial charge >= 0.3 is 0 Å². The number of aryl methyl sites for hydroxylation is 2. The van der Waals surface area contributed by atoms with E-state index < -0.39 is 0 Å². The average molecular weight is 477 g/mol. The van der Waals surface area contributed by atoms with Crippen molar-refractivity contribution in [3.05, 3.63) is 52.5 Å². The van der Waals surface area contributed by atoms with Gasteiger partial charge in [-0.05, 0) is 47.2 Å². The fourth-order valence-electron chi connectivity index (χ4n) is 2.78. The number of thioether (sulfide) groups is 1. The second-order valence-corrected chi connectivity index (χ2v) is 8.39. The first-order valence-electron chi connectivity index (χ1n) is 9.88. The van der Waals surface area contributed by atoms with E-state index in [-0.39, 0.29) is 12.5 Å². The quantitative estimate of drug-likeness (QED) is 0.321. The van der Waals surface area contributed by atoms with E-state index >= 15 is 0 Å². The molecule has 0 spiro atoms. The summed E-state index contributed by atoms with van der Waals surface area (Å²) >= 11 is 7.97. The van der Waals surface area contributed by atoms with Crippen molar-refractivity contribution in [2.24, 2.45) is 7.05 Å². The van der Waals surface area contributed by atoms with Crippen molar-refractivity contribution < 1.29 is 14.3 Å². The van der Waals surface area contributed by atoms with E-state index in [9.17, 15) is 4.79 Å². The minimum atomic E-state index is -0.284. The topological polar surface area (TPSA) is 103 Å². The van der Waals surface area contributed by atoms with Gasteiger partial charge in [-0.15, -0.1) is 5.10 Å². The maximum Gasteiger partial charge on any atom is 0.262 e. The number of methoxy groups -OCH3 is 1. The van der Waals surface area contributed by atoms with Crippen LogP contribution in [-0.4, -0.2) is 52.1 Å². The van der Waals surface area contributed by atoms with Gasteiger partial charge in [0.1, 0.15) is 0 Å². The third-order valence-electron chi connectivity index (χ3n) is 4.39.